The summed E-state index contributed by atoms with van der Waals surface area (Å²) >= 11 is 0. The Labute approximate surface area is 293 Å². The van der Waals surface area contributed by atoms with Gasteiger partial charge in [-0.3, -0.25) is 24.0 Å². The van der Waals surface area contributed by atoms with Gasteiger partial charge in [0, 0.05) is 20.0 Å². The summed E-state index contributed by atoms with van der Waals surface area (Å²) < 4.78 is 6.14. The second-order valence-corrected chi connectivity index (χ2v) is 12.8. The van der Waals surface area contributed by atoms with Crippen molar-refractivity contribution in [2.45, 2.75) is 50.2 Å². The van der Waals surface area contributed by atoms with Crippen LogP contribution in [0.1, 0.15) is 40.7 Å². The normalized spacial score (nSPS) is 19.4. The van der Waals surface area contributed by atoms with E-state index in [1.54, 1.807) is 24.3 Å². The molecule has 0 radical (unpaired) electrons. The third kappa shape index (κ3) is 12.0. The van der Waals surface area contributed by atoms with Crippen LogP contribution in [-0.4, -0.2) is 105 Å². The van der Waals surface area contributed by atoms with Crippen LogP contribution in [0.3, 0.4) is 0 Å². The van der Waals surface area contributed by atoms with Gasteiger partial charge in [-0.05, 0) is 63.2 Å². The second-order valence-electron chi connectivity index (χ2n) is 12.8. The zero-order valence-corrected chi connectivity index (χ0v) is 29.0. The van der Waals surface area contributed by atoms with Crippen molar-refractivity contribution in [3.05, 3.63) is 102 Å². The lowest BCUT2D eigenvalue weighted by Gasteiger charge is -2.26. The van der Waals surface area contributed by atoms with Crippen molar-refractivity contribution in [3.63, 3.8) is 0 Å². The fraction of sp³-hybridized carbons (Fsp3) is 0.395. The number of hydrogen-bond donors (Lipinski definition) is 4. The van der Waals surface area contributed by atoms with Crippen LogP contribution in [0.5, 0.6) is 5.75 Å². The first-order chi connectivity index (χ1) is 24.1. The summed E-state index contributed by atoms with van der Waals surface area (Å²) in [6.07, 6.45) is 1.74. The molecule has 0 saturated carbocycles. The Morgan fingerprint density at radius 2 is 1.46 bits per heavy atom. The molecule has 0 saturated heterocycles. The Hall–Kier alpha value is -5.23. The summed E-state index contributed by atoms with van der Waals surface area (Å²) in [7, 11) is 5.45. The zero-order valence-electron chi connectivity index (χ0n) is 29.0. The van der Waals surface area contributed by atoms with E-state index in [4.69, 9.17) is 4.74 Å². The maximum atomic E-state index is 13.8. The molecule has 0 unspecified atom stereocenters. The lowest BCUT2D eigenvalue weighted by molar-refractivity contribution is -0.138. The zero-order chi connectivity index (χ0) is 35.9. The number of hydrogen-bond acceptors (Lipinski definition) is 7. The van der Waals surface area contributed by atoms with Gasteiger partial charge in [0.15, 0.2) is 0 Å². The van der Waals surface area contributed by atoms with Crippen LogP contribution in [-0.2, 0) is 32.0 Å². The molecule has 1 aliphatic heterocycles. The van der Waals surface area contributed by atoms with Crippen LogP contribution in [0, 0.1) is 0 Å². The van der Waals surface area contributed by atoms with E-state index in [9.17, 15) is 24.0 Å². The highest BCUT2D eigenvalue weighted by Crippen LogP contribution is 2.19. The average Bonchev–Trinajstić information content (AvgIpc) is 3.10. The maximum Gasteiger partial charge on any atom is 0.255 e. The maximum absolute atomic E-state index is 13.8. The number of carbonyl (C=O) groups is 5. The number of unbranched alkanes of at least 4 members (excludes halogenated alkanes) is 1. The molecule has 12 nitrogen and oxygen atoms in total. The van der Waals surface area contributed by atoms with Gasteiger partial charge < -0.3 is 35.8 Å². The molecule has 12 heteroatoms. The molecular formula is C38H48N6O6. The third-order valence-corrected chi connectivity index (χ3v) is 8.28. The quantitative estimate of drug-likeness (QED) is 0.239. The van der Waals surface area contributed by atoms with Gasteiger partial charge in [0.25, 0.3) is 5.91 Å². The first-order valence-electron chi connectivity index (χ1n) is 17.0. The molecule has 4 rings (SSSR count). The molecule has 1 aliphatic rings. The molecular weight excluding hydrogens is 636 g/mol. The van der Waals surface area contributed by atoms with Gasteiger partial charge in [0.2, 0.25) is 23.6 Å². The fourth-order valence-corrected chi connectivity index (χ4v) is 5.67. The first-order valence-corrected chi connectivity index (χ1v) is 17.0. The summed E-state index contributed by atoms with van der Waals surface area (Å²) in [5, 5.41) is 11.3. The second kappa shape index (κ2) is 19.1. The van der Waals surface area contributed by atoms with Crippen molar-refractivity contribution in [3.8, 4) is 5.75 Å². The van der Waals surface area contributed by atoms with Crippen LogP contribution in [0.4, 0.5) is 0 Å². The predicted octanol–water partition coefficient (Wildman–Crippen LogP) is 1.94. The Bertz CT molecular complexity index is 1580. The van der Waals surface area contributed by atoms with E-state index in [-0.39, 0.29) is 30.9 Å². The Morgan fingerprint density at radius 1 is 0.820 bits per heavy atom. The molecule has 4 N–H and O–H groups in total. The van der Waals surface area contributed by atoms with Crippen molar-refractivity contribution >= 4 is 29.5 Å². The minimum atomic E-state index is -1.24. The first kappa shape index (κ1) is 37.6. The van der Waals surface area contributed by atoms with E-state index in [1.807, 2.05) is 74.8 Å². The van der Waals surface area contributed by atoms with E-state index in [1.165, 1.54) is 11.9 Å². The molecule has 1 heterocycles. The molecule has 0 fully saturated rings. The number of fused-ring (bicyclic) bond motifs is 1. The lowest BCUT2D eigenvalue weighted by Crippen LogP contribution is -2.54. The molecule has 3 aromatic carbocycles. The largest absolute Gasteiger partial charge is 0.491 e. The standard InChI is InChI=1S/C38H48N6O6/c1-43(2)21-13-12-20-39-37(48)31-24-34(45)41-32(23-28-16-8-5-9-17-28)38(49)44(3)25-35(46)40-29(22-27-14-6-4-7-15-27)26-50-33-19-11-10-18-30(33)36(47)42-31/h4-11,14-19,29,31-32H,12-13,20-26H2,1-3H3,(H,39,48)(H,40,46)(H,41,45)(H,42,47)/t29-,31+,32+/m1/s1. The number of nitrogens with one attached hydrogen (secondary N) is 4. The third-order valence-electron chi connectivity index (χ3n) is 8.28. The van der Waals surface area contributed by atoms with Crippen molar-refractivity contribution in [2.75, 3.05) is 47.4 Å². The number of rotatable bonds is 10. The Kier molecular flexibility index (Phi) is 14.3. The summed E-state index contributed by atoms with van der Waals surface area (Å²) in [4.78, 5) is 71.2. The Morgan fingerprint density at radius 3 is 2.14 bits per heavy atom. The summed E-state index contributed by atoms with van der Waals surface area (Å²) in [6, 6.07) is 22.6. The molecule has 5 amide bonds. The highest BCUT2D eigenvalue weighted by Gasteiger charge is 2.30. The van der Waals surface area contributed by atoms with Gasteiger partial charge in [0.1, 0.15) is 24.4 Å². The van der Waals surface area contributed by atoms with Gasteiger partial charge in [0.05, 0.1) is 24.6 Å². The monoisotopic (exact) mass is 684 g/mol. The van der Waals surface area contributed by atoms with Gasteiger partial charge in [-0.1, -0.05) is 72.8 Å². The molecule has 0 bridgehead atoms. The highest BCUT2D eigenvalue weighted by molar-refractivity contribution is 6.01. The number of nitrogens with zero attached hydrogens (tertiary/aromatic N) is 2. The summed E-state index contributed by atoms with van der Waals surface area (Å²) in [6.45, 7) is 0.981. The van der Waals surface area contributed by atoms with Crippen LogP contribution in [0.15, 0.2) is 84.9 Å². The van der Waals surface area contributed by atoms with Gasteiger partial charge in [-0.15, -0.1) is 0 Å². The number of carbonyl (C=O) groups excluding carboxylic acids is 5. The fourth-order valence-electron chi connectivity index (χ4n) is 5.67. The minimum Gasteiger partial charge on any atom is -0.491 e. The number of likely N-dealkylation sites (N-methyl/N-ethyl adjacent to an activating group) is 1. The van der Waals surface area contributed by atoms with E-state index in [2.05, 4.69) is 26.2 Å². The van der Waals surface area contributed by atoms with E-state index in [0.29, 0.717) is 19.4 Å². The van der Waals surface area contributed by atoms with Crippen LogP contribution >= 0.6 is 0 Å². The predicted molar refractivity (Wildman–Crippen MR) is 190 cm³/mol. The van der Waals surface area contributed by atoms with Gasteiger partial charge in [-0.25, -0.2) is 0 Å². The van der Waals surface area contributed by atoms with Gasteiger partial charge in [-0.2, -0.15) is 0 Å². The van der Waals surface area contributed by atoms with Gasteiger partial charge >= 0.3 is 0 Å². The summed E-state index contributed by atoms with van der Waals surface area (Å²) in [5.41, 5.74) is 1.93. The highest BCUT2D eigenvalue weighted by atomic mass is 16.5. The molecule has 50 heavy (non-hydrogen) atoms. The number of amides is 5. The average molecular weight is 685 g/mol. The van der Waals surface area contributed by atoms with E-state index < -0.39 is 54.1 Å². The number of benzene rings is 3. The minimum absolute atomic E-state index is 0.0239. The molecule has 0 aliphatic carbocycles. The molecule has 266 valence electrons. The topological polar surface area (TPSA) is 149 Å². The molecule has 3 aromatic rings. The van der Waals surface area contributed by atoms with Crippen LogP contribution in [0.2, 0.25) is 0 Å². The lowest BCUT2D eigenvalue weighted by atomic mass is 10.0. The van der Waals surface area contributed by atoms with Crippen LogP contribution < -0.4 is 26.0 Å². The van der Waals surface area contributed by atoms with Crippen molar-refractivity contribution in [1.82, 2.24) is 31.1 Å². The van der Waals surface area contributed by atoms with Crippen molar-refractivity contribution in [2.24, 2.45) is 0 Å². The Balaban J connectivity index is 1.64. The van der Waals surface area contributed by atoms with Crippen molar-refractivity contribution in [1.29, 1.82) is 0 Å². The SMILES string of the molecule is CN(C)CCCCNC(=O)[C@@H]1CC(=O)N[C@@H](Cc2ccccc2)C(=O)N(C)CC(=O)N[C@H](Cc2ccccc2)COc2ccccc2C(=O)N1. The number of para-hydroxylation sites is 1. The van der Waals surface area contributed by atoms with Crippen LogP contribution in [0.25, 0.3) is 0 Å². The molecule has 0 aromatic heterocycles. The molecule has 0 spiro atoms. The smallest absolute Gasteiger partial charge is 0.255 e. The summed E-state index contributed by atoms with van der Waals surface area (Å²) in [5.74, 6) is -2.36. The van der Waals surface area contributed by atoms with E-state index in [0.717, 1.165) is 24.1 Å². The van der Waals surface area contributed by atoms with E-state index >= 15 is 0 Å². The number of ether oxygens (including phenoxy) is 1. The van der Waals surface area contributed by atoms with Crippen molar-refractivity contribution < 1.29 is 28.7 Å². The molecule has 3 atom stereocenters.